The second kappa shape index (κ2) is 11.8. The third-order valence-electron chi connectivity index (χ3n) is 7.23. The van der Waals surface area contributed by atoms with Gasteiger partial charge in [-0.25, -0.2) is 13.8 Å². The van der Waals surface area contributed by atoms with E-state index in [1.165, 1.54) is 31.0 Å². The zero-order chi connectivity index (χ0) is 26.5. The summed E-state index contributed by atoms with van der Waals surface area (Å²) in [7, 11) is 0. The van der Waals surface area contributed by atoms with Gasteiger partial charge in [0.1, 0.15) is 24.0 Å². The lowest BCUT2D eigenvalue weighted by Gasteiger charge is -2.28. The van der Waals surface area contributed by atoms with Crippen molar-refractivity contribution in [3.05, 3.63) is 71.9 Å². The van der Waals surface area contributed by atoms with Gasteiger partial charge in [-0.1, -0.05) is 18.2 Å². The summed E-state index contributed by atoms with van der Waals surface area (Å²) >= 11 is 0. The molecule has 200 valence electrons. The summed E-state index contributed by atoms with van der Waals surface area (Å²) in [6.07, 6.45) is 6.17. The summed E-state index contributed by atoms with van der Waals surface area (Å²) < 4.78 is 39.3. The Hall–Kier alpha value is -3.72. The van der Waals surface area contributed by atoms with E-state index in [2.05, 4.69) is 9.88 Å². The lowest BCUT2D eigenvalue weighted by Crippen LogP contribution is -2.44. The maximum Gasteiger partial charge on any atom is 0.260 e. The fraction of sp³-hybridized carbons (Fsp3) is 0.379. The van der Waals surface area contributed by atoms with Gasteiger partial charge in [0.25, 0.3) is 5.91 Å². The fourth-order valence-electron chi connectivity index (χ4n) is 5.14. The molecule has 0 saturated carbocycles. The van der Waals surface area contributed by atoms with Crippen LogP contribution in [0.15, 0.2) is 54.7 Å². The number of nitrogen functional groups attached to an aromatic ring is 1. The van der Waals surface area contributed by atoms with Crippen LogP contribution in [0.4, 0.5) is 14.6 Å². The van der Waals surface area contributed by atoms with Crippen LogP contribution in [0, 0.1) is 11.6 Å². The van der Waals surface area contributed by atoms with Crippen molar-refractivity contribution >= 4 is 11.7 Å². The molecule has 1 aromatic heterocycles. The van der Waals surface area contributed by atoms with Crippen molar-refractivity contribution in [1.82, 2.24) is 14.8 Å². The van der Waals surface area contributed by atoms with Gasteiger partial charge in [-0.2, -0.15) is 0 Å². The molecule has 3 heterocycles. The molecule has 0 unspecified atom stereocenters. The van der Waals surface area contributed by atoms with Crippen LogP contribution < -0.4 is 15.2 Å². The molecule has 1 atom stereocenters. The van der Waals surface area contributed by atoms with E-state index in [0.717, 1.165) is 44.6 Å². The molecule has 2 fully saturated rings. The Morgan fingerprint density at radius 2 is 1.71 bits per heavy atom. The predicted octanol–water partition coefficient (Wildman–Crippen LogP) is 4.65. The minimum Gasteiger partial charge on any atom is -0.485 e. The number of pyridine rings is 1. The first-order valence-electron chi connectivity index (χ1n) is 13.0. The summed E-state index contributed by atoms with van der Waals surface area (Å²) in [6.45, 7) is 3.69. The number of hydrogen-bond acceptors (Lipinski definition) is 6. The van der Waals surface area contributed by atoms with Crippen molar-refractivity contribution in [2.75, 3.05) is 38.5 Å². The first-order chi connectivity index (χ1) is 18.5. The Bertz CT molecular complexity index is 1240. The van der Waals surface area contributed by atoms with Crippen LogP contribution >= 0.6 is 0 Å². The van der Waals surface area contributed by atoms with E-state index in [-0.39, 0.29) is 42.3 Å². The molecule has 5 rings (SSSR count). The number of nitrogens with zero attached hydrogens (tertiary/aromatic N) is 3. The van der Waals surface area contributed by atoms with Crippen LogP contribution in [0.1, 0.15) is 31.2 Å². The maximum absolute atomic E-state index is 13.9. The van der Waals surface area contributed by atoms with Gasteiger partial charge in [-0.3, -0.25) is 4.79 Å². The van der Waals surface area contributed by atoms with Gasteiger partial charge in [-0.05, 0) is 74.7 Å². The average Bonchev–Trinajstić information content (AvgIpc) is 3.61. The molecule has 1 amide bonds. The first kappa shape index (κ1) is 25.9. The monoisotopic (exact) mass is 522 g/mol. The third-order valence-corrected chi connectivity index (χ3v) is 7.23. The number of carbonyl (C=O) groups is 1. The van der Waals surface area contributed by atoms with Crippen LogP contribution in [0.2, 0.25) is 0 Å². The van der Waals surface area contributed by atoms with E-state index in [0.29, 0.717) is 11.3 Å². The van der Waals surface area contributed by atoms with Crippen molar-refractivity contribution in [2.45, 2.75) is 38.3 Å². The lowest BCUT2D eigenvalue weighted by molar-refractivity contribution is -0.134. The van der Waals surface area contributed by atoms with Gasteiger partial charge in [-0.15, -0.1) is 0 Å². The highest BCUT2D eigenvalue weighted by molar-refractivity contribution is 5.78. The highest BCUT2D eigenvalue weighted by Crippen LogP contribution is 2.29. The Morgan fingerprint density at radius 3 is 2.45 bits per heavy atom. The molecule has 9 heteroatoms. The van der Waals surface area contributed by atoms with Gasteiger partial charge < -0.3 is 25.0 Å². The normalized spacial score (nSPS) is 17.6. The van der Waals surface area contributed by atoms with Crippen LogP contribution in [0.3, 0.4) is 0 Å². The number of benzene rings is 2. The molecule has 38 heavy (non-hydrogen) atoms. The van der Waals surface area contributed by atoms with E-state index in [4.69, 9.17) is 15.2 Å². The van der Waals surface area contributed by atoms with Crippen molar-refractivity contribution in [2.24, 2.45) is 0 Å². The Balaban J connectivity index is 1.18. The number of carbonyl (C=O) groups excluding carboxylic acids is 1. The van der Waals surface area contributed by atoms with Crippen molar-refractivity contribution < 1.29 is 23.0 Å². The molecule has 0 bridgehead atoms. The van der Waals surface area contributed by atoms with Crippen molar-refractivity contribution in [3.63, 3.8) is 0 Å². The molecular weight excluding hydrogens is 490 g/mol. The quantitative estimate of drug-likeness (QED) is 0.441. The molecule has 7 nitrogen and oxygen atoms in total. The largest absolute Gasteiger partial charge is 0.485 e. The second-order valence-electron chi connectivity index (χ2n) is 9.80. The van der Waals surface area contributed by atoms with Crippen LogP contribution in [-0.2, 0) is 11.4 Å². The summed E-state index contributed by atoms with van der Waals surface area (Å²) in [5.74, 6) is -0.417. The van der Waals surface area contributed by atoms with Gasteiger partial charge in [0.05, 0.1) is 5.56 Å². The van der Waals surface area contributed by atoms with Crippen LogP contribution in [0.5, 0.6) is 11.5 Å². The number of rotatable bonds is 9. The van der Waals surface area contributed by atoms with Gasteiger partial charge >= 0.3 is 0 Å². The lowest BCUT2D eigenvalue weighted by atomic mass is 10.1. The maximum atomic E-state index is 13.9. The predicted molar refractivity (Wildman–Crippen MR) is 141 cm³/mol. The molecule has 2 N–H and O–H groups in total. The van der Waals surface area contributed by atoms with E-state index in [1.807, 2.05) is 17.0 Å². The molecule has 3 aromatic rings. The minimum absolute atomic E-state index is 0.00384. The number of hydrogen-bond donors (Lipinski definition) is 1. The van der Waals surface area contributed by atoms with Gasteiger partial charge in [0.2, 0.25) is 0 Å². The molecule has 2 aliphatic heterocycles. The van der Waals surface area contributed by atoms with Gasteiger partial charge in [0, 0.05) is 30.9 Å². The summed E-state index contributed by atoms with van der Waals surface area (Å²) in [5, 5.41) is 0. The van der Waals surface area contributed by atoms with Crippen LogP contribution in [-0.4, -0.2) is 59.5 Å². The number of aromatic nitrogens is 1. The standard InChI is InChI=1S/C29H32F2N4O3/c30-25-6-3-7-26(31)24(25)18-38-27-15-21(16-33-29(27)32)20-8-10-23(11-9-20)37-19-28(36)35-14-4-5-22(35)17-34-12-1-2-13-34/h3,6-11,15-16,22H,1-2,4-5,12-14,17-19H2,(H2,32,33)/t22-/m0/s1. The zero-order valence-electron chi connectivity index (χ0n) is 21.2. The Labute approximate surface area is 221 Å². The summed E-state index contributed by atoms with van der Waals surface area (Å²) in [4.78, 5) is 21.5. The number of halogens is 2. The Kier molecular flexibility index (Phi) is 8.03. The number of anilines is 1. The van der Waals surface area contributed by atoms with E-state index < -0.39 is 11.6 Å². The SMILES string of the molecule is Nc1ncc(-c2ccc(OCC(=O)N3CCC[C@H]3CN3CCCC3)cc2)cc1OCc1c(F)cccc1F. The average molecular weight is 523 g/mol. The smallest absolute Gasteiger partial charge is 0.260 e. The third kappa shape index (κ3) is 6.05. The summed E-state index contributed by atoms with van der Waals surface area (Å²) in [5.41, 5.74) is 7.29. The molecule has 0 spiro atoms. The van der Waals surface area contributed by atoms with E-state index >= 15 is 0 Å². The van der Waals surface area contributed by atoms with Crippen molar-refractivity contribution in [3.8, 4) is 22.6 Å². The topological polar surface area (TPSA) is 80.9 Å². The summed E-state index contributed by atoms with van der Waals surface area (Å²) in [6, 6.07) is 12.9. The van der Waals surface area contributed by atoms with E-state index in [1.54, 1.807) is 24.4 Å². The van der Waals surface area contributed by atoms with E-state index in [9.17, 15) is 13.6 Å². The second-order valence-corrected chi connectivity index (χ2v) is 9.80. The molecule has 0 radical (unpaired) electrons. The minimum atomic E-state index is -0.686. The zero-order valence-corrected chi connectivity index (χ0v) is 21.2. The first-order valence-corrected chi connectivity index (χ1v) is 13.0. The number of amides is 1. The Morgan fingerprint density at radius 1 is 0.974 bits per heavy atom. The molecule has 2 aromatic carbocycles. The molecule has 2 aliphatic rings. The van der Waals surface area contributed by atoms with Crippen molar-refractivity contribution in [1.29, 1.82) is 0 Å². The highest BCUT2D eigenvalue weighted by Gasteiger charge is 2.31. The molecule has 0 aliphatic carbocycles. The van der Waals surface area contributed by atoms with Gasteiger partial charge in [0.15, 0.2) is 18.2 Å². The highest BCUT2D eigenvalue weighted by atomic mass is 19.1. The van der Waals surface area contributed by atoms with Crippen LogP contribution in [0.25, 0.3) is 11.1 Å². The molecule has 2 saturated heterocycles. The number of ether oxygens (including phenoxy) is 2. The molecular formula is C29H32F2N4O3. The fourth-order valence-corrected chi connectivity index (χ4v) is 5.14. The number of nitrogens with two attached hydrogens (primary N) is 1. The number of likely N-dealkylation sites (tertiary alicyclic amines) is 2.